The Hall–Kier alpha value is -1.85. The first kappa shape index (κ1) is 12.6. The molecule has 0 saturated carbocycles. The van der Waals surface area contributed by atoms with Crippen molar-refractivity contribution in [2.75, 3.05) is 18.0 Å². The van der Waals surface area contributed by atoms with Crippen LogP contribution in [0.2, 0.25) is 0 Å². The summed E-state index contributed by atoms with van der Waals surface area (Å²) in [5.41, 5.74) is 6.88. The molecule has 6 nitrogen and oxygen atoms in total. The van der Waals surface area contributed by atoms with E-state index in [9.17, 15) is 0 Å². The number of amidine groups is 1. The lowest BCUT2D eigenvalue weighted by atomic mass is 10.2. The molecule has 0 aromatic carbocycles. The van der Waals surface area contributed by atoms with Crippen LogP contribution in [0.3, 0.4) is 0 Å². The zero-order valence-electron chi connectivity index (χ0n) is 10.6. The van der Waals surface area contributed by atoms with Gasteiger partial charge in [0.05, 0.1) is 0 Å². The van der Waals surface area contributed by atoms with Crippen molar-refractivity contribution in [3.63, 3.8) is 0 Å². The third-order valence-corrected chi connectivity index (χ3v) is 3.10. The van der Waals surface area contributed by atoms with Crippen molar-refractivity contribution < 1.29 is 5.21 Å². The Morgan fingerprint density at radius 1 is 1.28 bits per heavy atom. The molecule has 2 rings (SSSR count). The Balaban J connectivity index is 2.29. The summed E-state index contributed by atoms with van der Waals surface area (Å²) in [6.45, 7) is 3.83. The summed E-state index contributed by atoms with van der Waals surface area (Å²) in [6.07, 6.45) is 4.84. The Bertz CT molecular complexity index is 438. The van der Waals surface area contributed by atoms with Crippen molar-refractivity contribution in [3.8, 4) is 0 Å². The number of aryl methyl sites for hydroxylation is 1. The minimum Gasteiger partial charge on any atom is -0.409 e. The third kappa shape index (κ3) is 2.88. The molecule has 0 atom stereocenters. The van der Waals surface area contributed by atoms with Gasteiger partial charge in [-0.1, -0.05) is 18.0 Å². The topological polar surface area (TPSA) is 87.6 Å². The molecule has 1 aromatic rings. The van der Waals surface area contributed by atoms with Gasteiger partial charge in [0.25, 0.3) is 0 Å². The first-order chi connectivity index (χ1) is 8.70. The van der Waals surface area contributed by atoms with E-state index in [1.54, 1.807) is 6.07 Å². The first-order valence-electron chi connectivity index (χ1n) is 6.29. The van der Waals surface area contributed by atoms with Gasteiger partial charge in [0.1, 0.15) is 5.69 Å². The average molecular weight is 249 g/mol. The highest BCUT2D eigenvalue weighted by Gasteiger charge is 2.14. The SMILES string of the molecule is Cc1cc(/C(N)=N/O)nc(N2CCCCCC2)n1. The molecule has 0 spiro atoms. The van der Waals surface area contributed by atoms with Crippen LogP contribution in [0.25, 0.3) is 0 Å². The minimum atomic E-state index is 0.0246. The number of nitrogens with two attached hydrogens (primary N) is 1. The van der Waals surface area contributed by atoms with Gasteiger partial charge in [0, 0.05) is 18.8 Å². The van der Waals surface area contributed by atoms with E-state index in [1.165, 1.54) is 12.8 Å². The molecular weight excluding hydrogens is 230 g/mol. The molecule has 0 aliphatic carbocycles. The fourth-order valence-corrected chi connectivity index (χ4v) is 2.15. The number of hydrogen-bond acceptors (Lipinski definition) is 5. The van der Waals surface area contributed by atoms with Crippen LogP contribution in [-0.2, 0) is 0 Å². The first-order valence-corrected chi connectivity index (χ1v) is 6.29. The Morgan fingerprint density at radius 2 is 1.94 bits per heavy atom. The predicted octanol–water partition coefficient (Wildman–Crippen LogP) is 1.26. The van der Waals surface area contributed by atoms with Gasteiger partial charge < -0.3 is 15.8 Å². The number of anilines is 1. The maximum atomic E-state index is 8.71. The fraction of sp³-hybridized carbons (Fsp3) is 0.583. The van der Waals surface area contributed by atoms with Gasteiger partial charge in [-0.2, -0.15) is 0 Å². The Labute approximate surface area is 107 Å². The molecule has 0 amide bonds. The number of rotatable bonds is 2. The van der Waals surface area contributed by atoms with Crippen LogP contribution < -0.4 is 10.6 Å². The molecule has 98 valence electrons. The molecule has 0 radical (unpaired) electrons. The molecular formula is C12H19N5O. The molecule has 3 N–H and O–H groups in total. The molecule has 6 heteroatoms. The monoisotopic (exact) mass is 249 g/mol. The van der Waals surface area contributed by atoms with Crippen molar-refractivity contribution in [1.82, 2.24) is 9.97 Å². The smallest absolute Gasteiger partial charge is 0.226 e. The lowest BCUT2D eigenvalue weighted by Crippen LogP contribution is -2.27. The van der Waals surface area contributed by atoms with Crippen molar-refractivity contribution >= 4 is 11.8 Å². The molecule has 1 aliphatic heterocycles. The van der Waals surface area contributed by atoms with E-state index in [-0.39, 0.29) is 5.84 Å². The van der Waals surface area contributed by atoms with Gasteiger partial charge in [-0.15, -0.1) is 0 Å². The standard InChI is InChI=1S/C12H19N5O/c1-9-8-10(11(13)16-18)15-12(14-9)17-6-4-2-3-5-7-17/h8,18H,2-7H2,1H3,(H2,13,16). The Kier molecular flexibility index (Phi) is 3.96. The summed E-state index contributed by atoms with van der Waals surface area (Å²) < 4.78 is 0. The van der Waals surface area contributed by atoms with E-state index in [4.69, 9.17) is 10.9 Å². The molecule has 1 saturated heterocycles. The van der Waals surface area contributed by atoms with Gasteiger partial charge >= 0.3 is 0 Å². The van der Waals surface area contributed by atoms with Crippen LogP contribution in [0, 0.1) is 6.92 Å². The normalized spacial score (nSPS) is 17.6. The van der Waals surface area contributed by atoms with Crippen molar-refractivity contribution in [1.29, 1.82) is 0 Å². The van der Waals surface area contributed by atoms with Gasteiger partial charge in [0.15, 0.2) is 5.84 Å². The molecule has 0 unspecified atom stereocenters. The second-order valence-electron chi connectivity index (χ2n) is 4.58. The van der Waals surface area contributed by atoms with Crippen LogP contribution in [0.5, 0.6) is 0 Å². The van der Waals surface area contributed by atoms with Gasteiger partial charge in [-0.25, -0.2) is 9.97 Å². The number of nitrogens with zero attached hydrogens (tertiary/aromatic N) is 4. The van der Waals surface area contributed by atoms with E-state index < -0.39 is 0 Å². The van der Waals surface area contributed by atoms with E-state index >= 15 is 0 Å². The highest BCUT2D eigenvalue weighted by atomic mass is 16.4. The molecule has 1 aromatic heterocycles. The van der Waals surface area contributed by atoms with Gasteiger partial charge in [-0.05, 0) is 25.8 Å². The largest absolute Gasteiger partial charge is 0.409 e. The van der Waals surface area contributed by atoms with Crippen molar-refractivity contribution in [2.45, 2.75) is 32.6 Å². The average Bonchev–Trinajstić information content (AvgIpc) is 2.66. The summed E-state index contributed by atoms with van der Waals surface area (Å²) in [6, 6.07) is 1.72. The van der Waals surface area contributed by atoms with Gasteiger partial charge in [0.2, 0.25) is 5.95 Å². The summed E-state index contributed by atoms with van der Waals surface area (Å²) in [5.74, 6) is 0.704. The molecule has 1 aliphatic rings. The van der Waals surface area contributed by atoms with E-state index in [2.05, 4.69) is 20.0 Å². The van der Waals surface area contributed by atoms with Crippen molar-refractivity contribution in [2.24, 2.45) is 10.9 Å². The molecule has 1 fully saturated rings. The second kappa shape index (κ2) is 5.66. The van der Waals surface area contributed by atoms with E-state index in [0.717, 1.165) is 31.6 Å². The summed E-state index contributed by atoms with van der Waals surface area (Å²) in [7, 11) is 0. The quantitative estimate of drug-likeness (QED) is 0.356. The maximum Gasteiger partial charge on any atom is 0.226 e. The van der Waals surface area contributed by atoms with Gasteiger partial charge in [-0.3, -0.25) is 0 Å². The number of aromatic nitrogens is 2. The minimum absolute atomic E-state index is 0.0246. The highest BCUT2D eigenvalue weighted by molar-refractivity contribution is 5.95. The molecule has 0 bridgehead atoms. The maximum absolute atomic E-state index is 8.71. The second-order valence-corrected chi connectivity index (χ2v) is 4.58. The van der Waals surface area contributed by atoms with Crippen LogP contribution in [0.4, 0.5) is 5.95 Å². The lowest BCUT2D eigenvalue weighted by molar-refractivity contribution is 0.318. The highest BCUT2D eigenvalue weighted by Crippen LogP contribution is 2.16. The van der Waals surface area contributed by atoms with E-state index in [1.807, 2.05) is 6.92 Å². The van der Waals surface area contributed by atoms with Crippen molar-refractivity contribution in [3.05, 3.63) is 17.5 Å². The van der Waals surface area contributed by atoms with E-state index in [0.29, 0.717) is 11.6 Å². The van der Waals surface area contributed by atoms with Crippen LogP contribution in [0.15, 0.2) is 11.2 Å². The van der Waals surface area contributed by atoms with Crippen LogP contribution in [-0.4, -0.2) is 34.1 Å². The summed E-state index contributed by atoms with van der Waals surface area (Å²) >= 11 is 0. The number of hydrogen-bond donors (Lipinski definition) is 2. The molecule has 2 heterocycles. The zero-order chi connectivity index (χ0) is 13.0. The van der Waals surface area contributed by atoms with Crippen LogP contribution >= 0.6 is 0 Å². The number of oxime groups is 1. The van der Waals surface area contributed by atoms with Crippen LogP contribution in [0.1, 0.15) is 37.1 Å². The molecule has 18 heavy (non-hydrogen) atoms. The summed E-state index contributed by atoms with van der Waals surface area (Å²) in [4.78, 5) is 11.0. The lowest BCUT2D eigenvalue weighted by Gasteiger charge is -2.20. The zero-order valence-corrected chi connectivity index (χ0v) is 10.6. The summed E-state index contributed by atoms with van der Waals surface area (Å²) in [5, 5.41) is 11.7. The predicted molar refractivity (Wildman–Crippen MR) is 70.0 cm³/mol. The fourth-order valence-electron chi connectivity index (χ4n) is 2.15. The Morgan fingerprint density at radius 3 is 2.56 bits per heavy atom. The third-order valence-electron chi connectivity index (χ3n) is 3.10.